The Bertz CT molecular complexity index is 951. The van der Waals surface area contributed by atoms with Crippen LogP contribution in [0.1, 0.15) is 98.3 Å². The Morgan fingerprint density at radius 2 is 1.72 bits per heavy atom. The minimum Gasteiger partial charge on any atom is -0.393 e. The second-order valence-corrected chi connectivity index (χ2v) is 14.1. The summed E-state index contributed by atoms with van der Waals surface area (Å²) in [6.07, 6.45) is 11.6. The summed E-state index contributed by atoms with van der Waals surface area (Å²) in [5, 5.41) is 14.1. The van der Waals surface area contributed by atoms with E-state index < -0.39 is 5.54 Å². The molecule has 5 fully saturated rings. The topological polar surface area (TPSA) is 69.6 Å². The molecule has 0 aromatic carbocycles. The van der Waals surface area contributed by atoms with Gasteiger partial charge < -0.3 is 15.3 Å². The number of carbonyl (C=O) groups excluding carboxylic acids is 2. The lowest BCUT2D eigenvalue weighted by molar-refractivity contribution is -0.137. The van der Waals surface area contributed by atoms with Crippen molar-refractivity contribution in [3.8, 4) is 0 Å². The van der Waals surface area contributed by atoms with Gasteiger partial charge in [-0.25, -0.2) is 4.79 Å². The van der Waals surface area contributed by atoms with E-state index in [9.17, 15) is 14.7 Å². The maximum Gasteiger partial charge on any atom is 0.318 e. The lowest BCUT2D eigenvalue weighted by Gasteiger charge is -2.62. The van der Waals surface area contributed by atoms with Gasteiger partial charge in [0.1, 0.15) is 0 Å². The summed E-state index contributed by atoms with van der Waals surface area (Å²) in [5.41, 5.74) is 2.30. The Hall–Kier alpha value is -1.36. The van der Waals surface area contributed by atoms with Gasteiger partial charge in [-0.15, -0.1) is 0 Å². The smallest absolute Gasteiger partial charge is 0.318 e. The van der Waals surface area contributed by atoms with Crippen molar-refractivity contribution in [3.63, 3.8) is 0 Å². The van der Waals surface area contributed by atoms with Crippen molar-refractivity contribution in [1.29, 1.82) is 0 Å². The minimum atomic E-state index is -0.449. The molecule has 36 heavy (non-hydrogen) atoms. The minimum absolute atomic E-state index is 0.0534. The molecule has 5 heteroatoms. The molecular formula is C31H48N2O3. The van der Waals surface area contributed by atoms with E-state index in [0.29, 0.717) is 35.5 Å². The summed E-state index contributed by atoms with van der Waals surface area (Å²) in [5.74, 6) is 4.07. The van der Waals surface area contributed by atoms with Crippen LogP contribution in [0.15, 0.2) is 11.1 Å². The molecule has 6 aliphatic rings. The summed E-state index contributed by atoms with van der Waals surface area (Å²) in [6.45, 7) is 10.9. The third-order valence-electron chi connectivity index (χ3n) is 12.3. The van der Waals surface area contributed by atoms with Crippen LogP contribution in [0.5, 0.6) is 0 Å². The molecule has 0 bridgehead atoms. The molecule has 200 valence electrons. The van der Waals surface area contributed by atoms with Crippen LogP contribution >= 0.6 is 0 Å². The zero-order valence-electron chi connectivity index (χ0n) is 23.0. The Kier molecular flexibility index (Phi) is 6.13. The lowest BCUT2D eigenvalue weighted by atomic mass is 9.43. The molecule has 0 aromatic heterocycles. The SMILES string of the molecule is CC(C)C1=C2C3CCC4C(CCC5C(C)C(O)CCC54C)C3CCC2(NC(=O)N2CCCC2)CC1=O. The number of likely N-dealkylation sites (tertiary alicyclic amines) is 1. The summed E-state index contributed by atoms with van der Waals surface area (Å²) < 4.78 is 0. The van der Waals surface area contributed by atoms with Crippen molar-refractivity contribution < 1.29 is 14.7 Å². The van der Waals surface area contributed by atoms with E-state index in [1.165, 1.54) is 24.8 Å². The highest BCUT2D eigenvalue weighted by molar-refractivity contribution is 6.02. The summed E-state index contributed by atoms with van der Waals surface area (Å²) in [6, 6.07) is 0.0534. The van der Waals surface area contributed by atoms with Crippen LogP contribution in [0, 0.1) is 46.8 Å². The van der Waals surface area contributed by atoms with E-state index in [1.54, 1.807) is 0 Å². The number of nitrogens with zero attached hydrogens (tertiary/aromatic N) is 1. The fourth-order valence-corrected chi connectivity index (χ4v) is 10.7. The first kappa shape index (κ1) is 24.9. The molecule has 0 radical (unpaired) electrons. The first-order valence-corrected chi connectivity index (χ1v) is 15.2. The van der Waals surface area contributed by atoms with Crippen LogP contribution < -0.4 is 5.32 Å². The van der Waals surface area contributed by atoms with Gasteiger partial charge in [0.15, 0.2) is 5.78 Å². The number of hydrogen-bond acceptors (Lipinski definition) is 3. The van der Waals surface area contributed by atoms with Crippen molar-refractivity contribution >= 4 is 11.8 Å². The van der Waals surface area contributed by atoms with Gasteiger partial charge in [0, 0.05) is 19.5 Å². The van der Waals surface area contributed by atoms with Crippen LogP contribution in [0.3, 0.4) is 0 Å². The molecule has 5 nitrogen and oxygen atoms in total. The van der Waals surface area contributed by atoms with Gasteiger partial charge in [-0.1, -0.05) is 27.7 Å². The van der Waals surface area contributed by atoms with Crippen molar-refractivity contribution in [2.24, 2.45) is 46.8 Å². The second-order valence-electron chi connectivity index (χ2n) is 14.1. The van der Waals surface area contributed by atoms with Crippen molar-refractivity contribution in [3.05, 3.63) is 11.1 Å². The zero-order valence-corrected chi connectivity index (χ0v) is 23.0. The highest BCUT2D eigenvalue weighted by Crippen LogP contribution is 2.66. The van der Waals surface area contributed by atoms with Gasteiger partial charge in [-0.2, -0.15) is 0 Å². The number of urea groups is 1. The summed E-state index contributed by atoms with van der Waals surface area (Å²) in [7, 11) is 0. The normalized spacial score (nSPS) is 46.3. The van der Waals surface area contributed by atoms with E-state index in [1.807, 2.05) is 4.90 Å². The first-order valence-electron chi connectivity index (χ1n) is 15.2. The number of fused-ring (bicyclic) bond motifs is 7. The number of hydrogen-bond donors (Lipinski definition) is 2. The number of nitrogens with one attached hydrogen (secondary N) is 1. The number of Topliss-reactive ketones (excluding diaryl/α,β-unsaturated/α-hetero) is 1. The standard InChI is InChI=1S/C31H48N2O3/c1-18(2)27-26(35)17-31(32-29(36)33-15-5-6-16-33)14-11-20-21-7-9-23-19(3)25(34)12-13-30(23,4)24(21)10-8-22(20)28(27)31/h18-25,34H,5-17H2,1-4H3,(H,32,36). The predicted molar refractivity (Wildman–Crippen MR) is 141 cm³/mol. The first-order chi connectivity index (χ1) is 17.2. The Labute approximate surface area is 217 Å². The molecule has 6 rings (SSSR count). The third kappa shape index (κ3) is 3.57. The van der Waals surface area contributed by atoms with Crippen LogP contribution in [-0.4, -0.2) is 46.6 Å². The fraction of sp³-hybridized carbons (Fsp3) is 0.871. The van der Waals surface area contributed by atoms with Gasteiger partial charge >= 0.3 is 6.03 Å². The lowest BCUT2D eigenvalue weighted by Crippen LogP contribution is -2.60. The number of aliphatic hydroxyl groups is 1. The molecule has 5 aliphatic carbocycles. The Morgan fingerprint density at radius 3 is 2.44 bits per heavy atom. The number of aliphatic hydroxyl groups excluding tert-OH is 1. The number of amides is 2. The van der Waals surface area contributed by atoms with E-state index >= 15 is 0 Å². The fourth-order valence-electron chi connectivity index (χ4n) is 10.7. The molecule has 9 atom stereocenters. The molecule has 0 aromatic rings. The van der Waals surface area contributed by atoms with E-state index in [-0.39, 0.29) is 23.8 Å². The molecular weight excluding hydrogens is 448 g/mol. The molecule has 1 aliphatic heterocycles. The highest BCUT2D eigenvalue weighted by atomic mass is 16.3. The van der Waals surface area contributed by atoms with Crippen LogP contribution in [0.4, 0.5) is 4.79 Å². The second kappa shape index (κ2) is 8.85. The van der Waals surface area contributed by atoms with Gasteiger partial charge in [0.05, 0.1) is 11.6 Å². The van der Waals surface area contributed by atoms with Gasteiger partial charge in [0.2, 0.25) is 0 Å². The molecule has 9 unspecified atom stereocenters. The van der Waals surface area contributed by atoms with E-state index in [0.717, 1.165) is 75.4 Å². The van der Waals surface area contributed by atoms with Crippen LogP contribution in [0.25, 0.3) is 0 Å². The maximum atomic E-state index is 13.5. The predicted octanol–water partition coefficient (Wildman–Crippen LogP) is 5.72. The van der Waals surface area contributed by atoms with E-state index in [2.05, 4.69) is 33.0 Å². The van der Waals surface area contributed by atoms with Gasteiger partial charge in [-0.3, -0.25) is 4.79 Å². The molecule has 2 amide bonds. The quantitative estimate of drug-likeness (QED) is 0.514. The number of rotatable bonds is 2. The molecule has 0 spiro atoms. The van der Waals surface area contributed by atoms with Crippen molar-refractivity contribution in [2.75, 3.05) is 13.1 Å². The van der Waals surface area contributed by atoms with Crippen molar-refractivity contribution in [2.45, 2.75) is 110 Å². The molecule has 2 N–H and O–H groups in total. The Morgan fingerprint density at radius 1 is 1.00 bits per heavy atom. The summed E-state index contributed by atoms with van der Waals surface area (Å²) >= 11 is 0. The number of carbonyl (C=O) groups is 2. The molecule has 1 heterocycles. The average Bonchev–Trinajstić information content (AvgIpc) is 3.47. The van der Waals surface area contributed by atoms with Gasteiger partial charge in [-0.05, 0) is 122 Å². The largest absolute Gasteiger partial charge is 0.393 e. The zero-order chi connectivity index (χ0) is 25.4. The van der Waals surface area contributed by atoms with Gasteiger partial charge in [0.25, 0.3) is 0 Å². The maximum absolute atomic E-state index is 13.5. The van der Waals surface area contributed by atoms with Crippen LogP contribution in [0.2, 0.25) is 0 Å². The monoisotopic (exact) mass is 496 g/mol. The molecule has 1 saturated heterocycles. The van der Waals surface area contributed by atoms with Crippen molar-refractivity contribution in [1.82, 2.24) is 10.2 Å². The number of ketones is 1. The van der Waals surface area contributed by atoms with Crippen LogP contribution in [-0.2, 0) is 4.79 Å². The summed E-state index contributed by atoms with van der Waals surface area (Å²) in [4.78, 5) is 28.8. The molecule has 4 saturated carbocycles. The highest BCUT2D eigenvalue weighted by Gasteiger charge is 2.61. The average molecular weight is 497 g/mol. The Balaban J connectivity index is 1.32. The van der Waals surface area contributed by atoms with E-state index in [4.69, 9.17) is 0 Å². The number of allylic oxidation sites excluding steroid dienone is 1. The third-order valence-corrected chi connectivity index (χ3v) is 12.3.